The van der Waals surface area contributed by atoms with Crippen molar-refractivity contribution in [1.82, 2.24) is 0 Å². The van der Waals surface area contributed by atoms with Crippen molar-refractivity contribution < 1.29 is 9.84 Å². The average molecular weight is 397 g/mol. The molecule has 0 radical (unpaired) electrons. The van der Waals surface area contributed by atoms with Crippen LogP contribution >= 0.6 is 0 Å². The van der Waals surface area contributed by atoms with Gasteiger partial charge >= 0.3 is 0 Å². The topological polar surface area (TPSA) is 29.5 Å². The lowest BCUT2D eigenvalue weighted by Gasteiger charge is -2.27. The summed E-state index contributed by atoms with van der Waals surface area (Å²) in [5.74, 6) is 1.35. The number of allylic oxidation sites excluding steroid dienone is 11. The van der Waals surface area contributed by atoms with Gasteiger partial charge in [0.15, 0.2) is 5.76 Å². The van der Waals surface area contributed by atoms with Gasteiger partial charge in [-0.15, -0.1) is 0 Å². The van der Waals surface area contributed by atoms with E-state index >= 15 is 0 Å². The normalized spacial score (nSPS) is 24.6. The van der Waals surface area contributed by atoms with Crippen molar-refractivity contribution in [2.24, 2.45) is 0 Å². The zero-order valence-corrected chi connectivity index (χ0v) is 18.0. The lowest BCUT2D eigenvalue weighted by atomic mass is 9.79. The van der Waals surface area contributed by atoms with Crippen molar-refractivity contribution in [2.45, 2.75) is 51.9 Å². The van der Waals surface area contributed by atoms with Gasteiger partial charge in [-0.25, -0.2) is 0 Å². The molecule has 0 unspecified atom stereocenters. The molecule has 3 aliphatic carbocycles. The van der Waals surface area contributed by atoms with Crippen LogP contribution in [0.25, 0.3) is 5.57 Å². The highest BCUT2D eigenvalue weighted by Gasteiger charge is 2.39. The van der Waals surface area contributed by atoms with Crippen molar-refractivity contribution in [3.8, 4) is 0 Å². The average Bonchev–Trinajstić information content (AvgIpc) is 2.96. The zero-order valence-electron chi connectivity index (χ0n) is 18.0. The van der Waals surface area contributed by atoms with E-state index in [0.717, 1.165) is 37.7 Å². The van der Waals surface area contributed by atoms with Gasteiger partial charge in [-0.05, 0) is 78.2 Å². The quantitative estimate of drug-likeness (QED) is 0.503. The molecule has 0 aromatic heterocycles. The first-order valence-electron chi connectivity index (χ1n) is 10.8. The minimum absolute atomic E-state index is 0.0867. The molecule has 0 saturated heterocycles. The molecule has 30 heavy (non-hydrogen) atoms. The van der Waals surface area contributed by atoms with Gasteiger partial charge in [0, 0.05) is 11.0 Å². The Balaban J connectivity index is 1.71. The van der Waals surface area contributed by atoms with E-state index in [1.54, 1.807) is 0 Å². The Kier molecular flexibility index (Phi) is 4.47. The van der Waals surface area contributed by atoms with Gasteiger partial charge in [0.05, 0.1) is 0 Å². The SMILES string of the molecule is CC1=CC=C(C2=CC3=C(CC2)C2=C(/C=C\C(=C\O)O3)C(C)(C)c3ccccc32)CC1. The molecule has 0 saturated carbocycles. The molecule has 0 fully saturated rings. The Morgan fingerprint density at radius 2 is 1.77 bits per heavy atom. The van der Waals surface area contributed by atoms with Crippen molar-refractivity contribution >= 4 is 5.57 Å². The van der Waals surface area contributed by atoms with Crippen LogP contribution in [-0.2, 0) is 10.2 Å². The number of hydrogen-bond acceptors (Lipinski definition) is 2. The van der Waals surface area contributed by atoms with Gasteiger partial charge in [0.2, 0.25) is 0 Å². The number of hydrogen-bond donors (Lipinski definition) is 1. The summed E-state index contributed by atoms with van der Waals surface area (Å²) in [6.07, 6.45) is 16.0. The van der Waals surface area contributed by atoms with Gasteiger partial charge in [-0.3, -0.25) is 0 Å². The molecule has 5 rings (SSSR count). The molecule has 4 aliphatic rings. The summed E-state index contributed by atoms with van der Waals surface area (Å²) in [5, 5.41) is 9.77. The van der Waals surface area contributed by atoms with Crippen molar-refractivity contribution in [3.05, 3.63) is 111 Å². The van der Waals surface area contributed by atoms with E-state index in [1.807, 2.05) is 6.08 Å². The molecule has 2 nitrogen and oxygen atoms in total. The molecule has 0 spiro atoms. The molecule has 1 aromatic carbocycles. The molecule has 0 atom stereocenters. The van der Waals surface area contributed by atoms with Gasteiger partial charge < -0.3 is 9.84 Å². The maximum absolute atomic E-state index is 9.77. The van der Waals surface area contributed by atoms with Gasteiger partial charge in [-0.2, -0.15) is 0 Å². The van der Waals surface area contributed by atoms with Crippen LogP contribution in [-0.4, -0.2) is 5.11 Å². The standard InChI is InChI=1S/C28H28O2/c1-18-8-10-19(11-9-18)20-12-14-23-26(16-20)30-21(17-29)13-15-25-27(23)22-6-4-5-7-24(22)28(25,2)3/h4-8,10,13,15-17,29H,9,11-12,14H2,1-3H3/b15-13-,21-17-. The third kappa shape index (κ3) is 2.94. The number of benzene rings is 1. The van der Waals surface area contributed by atoms with Crippen LogP contribution in [0, 0.1) is 0 Å². The van der Waals surface area contributed by atoms with E-state index in [0.29, 0.717) is 5.76 Å². The van der Waals surface area contributed by atoms with E-state index < -0.39 is 0 Å². The van der Waals surface area contributed by atoms with Crippen LogP contribution < -0.4 is 0 Å². The highest BCUT2D eigenvalue weighted by molar-refractivity contribution is 5.92. The lowest BCUT2D eigenvalue weighted by molar-refractivity contribution is 0.304. The molecule has 1 aliphatic heterocycles. The number of aliphatic hydroxyl groups is 1. The fourth-order valence-electron chi connectivity index (χ4n) is 5.16. The van der Waals surface area contributed by atoms with Crippen LogP contribution in [0.5, 0.6) is 0 Å². The fourth-order valence-corrected chi connectivity index (χ4v) is 5.16. The monoisotopic (exact) mass is 396 g/mol. The second-order valence-electron chi connectivity index (χ2n) is 9.14. The first kappa shape index (κ1) is 19.0. The predicted molar refractivity (Wildman–Crippen MR) is 123 cm³/mol. The van der Waals surface area contributed by atoms with E-state index in [4.69, 9.17) is 4.74 Å². The van der Waals surface area contributed by atoms with Crippen LogP contribution in [0.3, 0.4) is 0 Å². The maximum atomic E-state index is 9.77. The van der Waals surface area contributed by atoms with E-state index in [9.17, 15) is 5.11 Å². The predicted octanol–water partition coefficient (Wildman–Crippen LogP) is 7.36. The molecule has 1 heterocycles. The first-order chi connectivity index (χ1) is 14.5. The molecule has 1 aromatic rings. The van der Waals surface area contributed by atoms with Crippen molar-refractivity contribution in [2.75, 3.05) is 0 Å². The largest absolute Gasteiger partial charge is 0.512 e. The molecule has 152 valence electrons. The summed E-state index contributed by atoms with van der Waals surface area (Å²) in [6, 6.07) is 8.72. The number of ether oxygens (including phenoxy) is 1. The molecular formula is C28H28O2. The van der Waals surface area contributed by atoms with Gasteiger partial charge in [0.1, 0.15) is 12.0 Å². The highest BCUT2D eigenvalue weighted by Crippen LogP contribution is 2.52. The maximum Gasteiger partial charge on any atom is 0.161 e. The Morgan fingerprint density at radius 3 is 2.53 bits per heavy atom. The van der Waals surface area contributed by atoms with E-state index in [1.165, 1.54) is 44.6 Å². The van der Waals surface area contributed by atoms with Gasteiger partial charge in [-0.1, -0.05) is 61.9 Å². The van der Waals surface area contributed by atoms with Crippen molar-refractivity contribution in [3.63, 3.8) is 0 Å². The third-order valence-electron chi connectivity index (χ3n) is 6.90. The number of fused-ring (bicyclic) bond motifs is 3. The number of aliphatic hydroxyl groups excluding tert-OH is 1. The molecule has 2 heteroatoms. The fraction of sp³-hybridized carbons (Fsp3) is 0.286. The first-order valence-corrected chi connectivity index (χ1v) is 10.8. The van der Waals surface area contributed by atoms with Crippen LogP contribution in [0.4, 0.5) is 0 Å². The highest BCUT2D eigenvalue weighted by atomic mass is 16.5. The summed E-state index contributed by atoms with van der Waals surface area (Å²) in [7, 11) is 0. The van der Waals surface area contributed by atoms with Crippen LogP contribution in [0.2, 0.25) is 0 Å². The summed E-state index contributed by atoms with van der Waals surface area (Å²) < 4.78 is 6.23. The second-order valence-corrected chi connectivity index (χ2v) is 9.14. The zero-order chi connectivity index (χ0) is 20.9. The Labute approximate surface area is 179 Å². The number of rotatable bonds is 1. The summed E-state index contributed by atoms with van der Waals surface area (Å²) in [6.45, 7) is 6.77. The Morgan fingerprint density at radius 1 is 0.967 bits per heavy atom. The summed E-state index contributed by atoms with van der Waals surface area (Å²) >= 11 is 0. The summed E-state index contributed by atoms with van der Waals surface area (Å²) in [5.41, 5.74) is 10.6. The minimum atomic E-state index is -0.0867. The van der Waals surface area contributed by atoms with Crippen molar-refractivity contribution in [1.29, 1.82) is 0 Å². The Bertz CT molecular complexity index is 1140. The molecular weight excluding hydrogens is 368 g/mol. The lowest BCUT2D eigenvalue weighted by Crippen LogP contribution is -2.16. The second kappa shape index (κ2) is 7.05. The van der Waals surface area contributed by atoms with Gasteiger partial charge in [0.25, 0.3) is 0 Å². The minimum Gasteiger partial charge on any atom is -0.512 e. The van der Waals surface area contributed by atoms with Crippen LogP contribution in [0.15, 0.2) is 100 Å². The molecule has 1 N–H and O–H groups in total. The van der Waals surface area contributed by atoms with Crippen LogP contribution in [0.1, 0.15) is 57.6 Å². The summed E-state index contributed by atoms with van der Waals surface area (Å²) in [4.78, 5) is 0. The third-order valence-corrected chi connectivity index (χ3v) is 6.90. The molecule has 0 amide bonds. The Hall–Kier alpha value is -3.00. The molecule has 0 bridgehead atoms. The van der Waals surface area contributed by atoms with E-state index in [2.05, 4.69) is 69.3 Å². The smallest absolute Gasteiger partial charge is 0.161 e. The van der Waals surface area contributed by atoms with E-state index in [-0.39, 0.29) is 5.41 Å².